The van der Waals surface area contributed by atoms with Gasteiger partial charge in [-0.15, -0.1) is 0 Å². The Morgan fingerprint density at radius 3 is 2.39 bits per heavy atom. The van der Waals surface area contributed by atoms with Crippen molar-refractivity contribution in [2.45, 2.75) is 18.9 Å². The molecule has 116 valence electrons. The van der Waals surface area contributed by atoms with Crippen LogP contribution < -0.4 is 0 Å². The first-order chi connectivity index (χ1) is 10.9. The third-order valence-corrected chi connectivity index (χ3v) is 5.46. The molecule has 1 saturated heterocycles. The average molecular weight is 347 g/mol. The number of urea groups is 1. The first-order valence-electron chi connectivity index (χ1n) is 7.16. The van der Waals surface area contributed by atoms with Crippen LogP contribution >= 0.6 is 23.6 Å². The second-order valence-electron chi connectivity index (χ2n) is 5.93. The van der Waals surface area contributed by atoms with Crippen LogP contribution in [0.15, 0.2) is 42.5 Å². The molecule has 0 radical (unpaired) electrons. The summed E-state index contributed by atoms with van der Waals surface area (Å²) < 4.78 is 1.40. The number of fused-ring (bicyclic) bond motifs is 3. The van der Waals surface area contributed by atoms with E-state index in [0.29, 0.717) is 9.98 Å². The highest BCUT2D eigenvalue weighted by atomic mass is 35.5. The lowest BCUT2D eigenvalue weighted by Gasteiger charge is -2.26. The van der Waals surface area contributed by atoms with E-state index in [-0.39, 0.29) is 0 Å². The van der Waals surface area contributed by atoms with Gasteiger partial charge in [-0.3, -0.25) is 4.79 Å². The maximum atomic E-state index is 12.4. The molecule has 1 fully saturated rings. The van der Waals surface area contributed by atoms with Gasteiger partial charge in [0.15, 0.2) is 5.54 Å². The van der Waals surface area contributed by atoms with Crippen LogP contribution in [-0.2, 0) is 16.8 Å². The smallest absolute Gasteiger partial charge is 0.270 e. The van der Waals surface area contributed by atoms with Gasteiger partial charge in [0, 0.05) is 23.6 Å². The SMILES string of the molecule is C[C@@]1(c2ccc3c(c2)Cc2ccccc2-3)C(=O)N(Cl)C(=O)N1Cl. The Labute approximate surface area is 143 Å². The van der Waals surface area contributed by atoms with Gasteiger partial charge < -0.3 is 0 Å². The summed E-state index contributed by atoms with van der Waals surface area (Å²) in [5.74, 6) is -0.547. The minimum atomic E-state index is -1.30. The molecule has 6 heteroatoms. The van der Waals surface area contributed by atoms with Crippen molar-refractivity contribution in [3.8, 4) is 11.1 Å². The summed E-state index contributed by atoms with van der Waals surface area (Å²) in [7, 11) is 0. The average Bonchev–Trinajstić information content (AvgIpc) is 3.01. The highest BCUT2D eigenvalue weighted by molar-refractivity contribution is 6.39. The largest absolute Gasteiger partial charge is 0.357 e. The molecule has 2 aliphatic rings. The minimum Gasteiger partial charge on any atom is -0.270 e. The normalized spacial score (nSPS) is 22.6. The Morgan fingerprint density at radius 2 is 1.70 bits per heavy atom. The number of imide groups is 1. The van der Waals surface area contributed by atoms with Crippen molar-refractivity contribution >= 4 is 35.5 Å². The van der Waals surface area contributed by atoms with Crippen molar-refractivity contribution in [2.75, 3.05) is 0 Å². The molecule has 0 bridgehead atoms. The van der Waals surface area contributed by atoms with Gasteiger partial charge in [-0.05, 0) is 41.2 Å². The van der Waals surface area contributed by atoms with Gasteiger partial charge in [0.05, 0.1) is 0 Å². The summed E-state index contributed by atoms with van der Waals surface area (Å²) >= 11 is 11.8. The van der Waals surface area contributed by atoms with Crippen molar-refractivity contribution < 1.29 is 9.59 Å². The highest BCUT2D eigenvalue weighted by Gasteiger charge is 2.55. The zero-order chi connectivity index (χ0) is 16.4. The van der Waals surface area contributed by atoms with Crippen LogP contribution in [0.2, 0.25) is 0 Å². The third-order valence-electron chi connectivity index (χ3n) is 4.68. The number of benzene rings is 2. The van der Waals surface area contributed by atoms with Crippen molar-refractivity contribution in [3.63, 3.8) is 0 Å². The molecule has 1 aliphatic carbocycles. The van der Waals surface area contributed by atoms with E-state index in [1.807, 2.05) is 30.3 Å². The molecule has 1 aliphatic heterocycles. The lowest BCUT2D eigenvalue weighted by molar-refractivity contribution is -0.128. The molecular weight excluding hydrogens is 335 g/mol. The molecule has 3 amide bonds. The molecule has 4 nitrogen and oxygen atoms in total. The number of nitrogens with zero attached hydrogens (tertiary/aromatic N) is 2. The monoisotopic (exact) mass is 346 g/mol. The summed E-state index contributed by atoms with van der Waals surface area (Å²) in [6.45, 7) is 1.60. The molecule has 0 N–H and O–H groups in total. The fourth-order valence-electron chi connectivity index (χ4n) is 3.32. The third kappa shape index (κ3) is 1.79. The number of hydrogen-bond acceptors (Lipinski definition) is 2. The lowest BCUT2D eigenvalue weighted by Crippen LogP contribution is -2.39. The van der Waals surface area contributed by atoms with Crippen LogP contribution in [0.5, 0.6) is 0 Å². The number of carbonyl (C=O) groups is 2. The van der Waals surface area contributed by atoms with Gasteiger partial charge in [-0.2, -0.15) is 4.42 Å². The maximum Gasteiger partial charge on any atom is 0.357 e. The van der Waals surface area contributed by atoms with Crippen molar-refractivity contribution in [1.82, 2.24) is 8.84 Å². The number of amides is 3. The van der Waals surface area contributed by atoms with E-state index in [1.54, 1.807) is 6.92 Å². The second kappa shape index (κ2) is 4.73. The first kappa shape index (κ1) is 14.5. The van der Waals surface area contributed by atoms with Gasteiger partial charge in [0.2, 0.25) is 0 Å². The molecule has 2 aromatic carbocycles. The summed E-state index contributed by atoms with van der Waals surface area (Å²) in [4.78, 5) is 24.3. The molecule has 23 heavy (non-hydrogen) atoms. The number of rotatable bonds is 1. The van der Waals surface area contributed by atoms with E-state index in [2.05, 4.69) is 12.1 Å². The van der Waals surface area contributed by atoms with E-state index in [4.69, 9.17) is 23.6 Å². The summed E-state index contributed by atoms with van der Waals surface area (Å²) in [5.41, 5.74) is 4.07. The van der Waals surface area contributed by atoms with Crippen LogP contribution in [0.1, 0.15) is 23.6 Å². The van der Waals surface area contributed by atoms with Crippen LogP contribution in [0.4, 0.5) is 4.79 Å². The predicted molar refractivity (Wildman–Crippen MR) is 87.8 cm³/mol. The zero-order valence-electron chi connectivity index (χ0n) is 12.2. The van der Waals surface area contributed by atoms with Gasteiger partial charge >= 0.3 is 6.03 Å². The Hall–Kier alpha value is -2.04. The molecule has 1 heterocycles. The Kier molecular flexibility index (Phi) is 2.99. The summed E-state index contributed by atoms with van der Waals surface area (Å²) in [6.07, 6.45) is 0.796. The fraction of sp³-hybridized carbons (Fsp3) is 0.176. The highest BCUT2D eigenvalue weighted by Crippen LogP contribution is 2.43. The Balaban J connectivity index is 1.83. The van der Waals surface area contributed by atoms with Crippen LogP contribution in [-0.4, -0.2) is 20.8 Å². The second-order valence-corrected chi connectivity index (χ2v) is 6.60. The molecule has 0 saturated carbocycles. The van der Waals surface area contributed by atoms with Crippen LogP contribution in [0.3, 0.4) is 0 Å². The van der Waals surface area contributed by atoms with Gasteiger partial charge in [-0.1, -0.05) is 42.5 Å². The summed E-state index contributed by atoms with van der Waals surface area (Å²) in [5, 5.41) is 0. The van der Waals surface area contributed by atoms with Crippen LogP contribution in [0, 0.1) is 0 Å². The molecule has 2 aromatic rings. The van der Waals surface area contributed by atoms with Crippen LogP contribution in [0.25, 0.3) is 11.1 Å². The number of halogens is 2. The fourth-order valence-corrected chi connectivity index (χ4v) is 3.84. The topological polar surface area (TPSA) is 40.6 Å². The quantitative estimate of drug-likeness (QED) is 0.492. The molecule has 0 spiro atoms. The first-order valence-corrected chi connectivity index (χ1v) is 7.84. The number of hydrogen-bond donors (Lipinski definition) is 0. The lowest BCUT2D eigenvalue weighted by atomic mass is 9.89. The predicted octanol–water partition coefficient (Wildman–Crippen LogP) is 4.04. The molecule has 0 aromatic heterocycles. The summed E-state index contributed by atoms with van der Waals surface area (Å²) in [6, 6.07) is 13.2. The minimum absolute atomic E-state index is 0.537. The maximum absolute atomic E-state index is 12.4. The number of carbonyl (C=O) groups excluding carboxylic acids is 2. The van der Waals surface area contributed by atoms with Gasteiger partial charge in [-0.25, -0.2) is 9.21 Å². The Bertz CT molecular complexity index is 867. The van der Waals surface area contributed by atoms with E-state index < -0.39 is 17.5 Å². The van der Waals surface area contributed by atoms with E-state index in [1.165, 1.54) is 11.1 Å². The van der Waals surface area contributed by atoms with Gasteiger partial charge in [0.1, 0.15) is 0 Å². The van der Waals surface area contributed by atoms with E-state index in [0.717, 1.165) is 22.0 Å². The molecule has 0 unspecified atom stereocenters. The molecule has 1 atom stereocenters. The standard InChI is InChI=1S/C17H12Cl2N2O2/c1-17(15(22)20(18)16(23)21(17)19)12-6-7-14-11(9-12)8-10-4-2-3-5-13(10)14/h2-7,9H,8H2,1H3/t17-/m1/s1. The van der Waals surface area contributed by atoms with E-state index in [9.17, 15) is 9.59 Å². The van der Waals surface area contributed by atoms with Gasteiger partial charge in [0.25, 0.3) is 5.91 Å². The van der Waals surface area contributed by atoms with E-state index >= 15 is 0 Å². The Morgan fingerprint density at radius 1 is 1.00 bits per heavy atom. The van der Waals surface area contributed by atoms with Crippen molar-refractivity contribution in [3.05, 3.63) is 59.2 Å². The zero-order valence-corrected chi connectivity index (χ0v) is 13.7. The van der Waals surface area contributed by atoms with Crippen molar-refractivity contribution in [2.24, 2.45) is 0 Å². The molecular formula is C17H12Cl2N2O2. The van der Waals surface area contributed by atoms with Crippen molar-refractivity contribution in [1.29, 1.82) is 0 Å². The molecule has 4 rings (SSSR count).